The van der Waals surface area contributed by atoms with Gasteiger partial charge in [0.15, 0.2) is 0 Å². The van der Waals surface area contributed by atoms with Gasteiger partial charge >= 0.3 is 0 Å². The van der Waals surface area contributed by atoms with Crippen LogP contribution in [-0.4, -0.2) is 0 Å². The molecule has 0 saturated carbocycles. The molecule has 0 atom stereocenters. The van der Waals surface area contributed by atoms with E-state index < -0.39 is 0 Å². The van der Waals surface area contributed by atoms with Gasteiger partial charge in [-0.1, -0.05) is 108 Å². The lowest BCUT2D eigenvalue weighted by Gasteiger charge is -2.34. The van der Waals surface area contributed by atoms with Crippen LogP contribution in [0.2, 0.25) is 0 Å². The quantitative estimate of drug-likeness (QED) is 0.257. The van der Waals surface area contributed by atoms with Crippen LogP contribution >= 0.6 is 0 Å². The molecule has 0 N–H and O–H groups in total. The molecule has 0 aliphatic heterocycles. The van der Waals surface area contributed by atoms with E-state index in [0.29, 0.717) is 0 Å². The number of rotatable bonds is 2. The fraction of sp³-hybridized carbons (Fsp3) is 0.118. The summed E-state index contributed by atoms with van der Waals surface area (Å²) >= 11 is 0. The molecule has 0 radical (unpaired) electrons. The fourth-order valence-corrected chi connectivity index (χ4v) is 6.42. The van der Waals surface area contributed by atoms with E-state index in [0.717, 1.165) is 6.42 Å². The van der Waals surface area contributed by atoms with Gasteiger partial charge in [0.1, 0.15) is 0 Å². The molecule has 0 spiro atoms. The summed E-state index contributed by atoms with van der Waals surface area (Å²) < 4.78 is 0. The molecule has 7 rings (SSSR count). The second kappa shape index (κ2) is 7.05. The smallest absolute Gasteiger partial charge is 0.0622 e. The zero-order chi connectivity index (χ0) is 22.9. The summed E-state index contributed by atoms with van der Waals surface area (Å²) in [5.74, 6) is 0. The van der Waals surface area contributed by atoms with Crippen molar-refractivity contribution in [3.05, 3.63) is 154 Å². The Hall–Kier alpha value is -3.90. The minimum Gasteiger partial charge on any atom is -0.0622 e. The average Bonchev–Trinajstić information content (AvgIpc) is 3.35. The van der Waals surface area contributed by atoms with E-state index in [2.05, 4.69) is 123 Å². The van der Waals surface area contributed by atoms with Gasteiger partial charge in [0.05, 0.1) is 5.41 Å². The summed E-state index contributed by atoms with van der Waals surface area (Å²) in [5.41, 5.74) is 16.2. The highest BCUT2D eigenvalue weighted by Crippen LogP contribution is 2.58. The van der Waals surface area contributed by atoms with Gasteiger partial charge in [-0.2, -0.15) is 0 Å². The Morgan fingerprint density at radius 1 is 0.471 bits per heavy atom. The third-order valence-corrected chi connectivity index (χ3v) is 7.86. The summed E-state index contributed by atoms with van der Waals surface area (Å²) in [7, 11) is 0. The number of aryl methyl sites for hydroxylation is 2. The van der Waals surface area contributed by atoms with Crippen LogP contribution in [0.25, 0.3) is 22.3 Å². The van der Waals surface area contributed by atoms with E-state index in [9.17, 15) is 0 Å². The number of hydrogen-bond donors (Lipinski definition) is 0. The molecule has 0 aromatic heterocycles. The van der Waals surface area contributed by atoms with E-state index in [1.807, 2.05) is 0 Å². The van der Waals surface area contributed by atoms with E-state index in [-0.39, 0.29) is 5.41 Å². The van der Waals surface area contributed by atoms with Crippen LogP contribution in [0.5, 0.6) is 0 Å². The molecule has 0 nitrogen and oxygen atoms in total. The Kier molecular flexibility index (Phi) is 4.05. The minimum absolute atomic E-state index is 0.332. The van der Waals surface area contributed by atoms with Crippen LogP contribution in [0, 0.1) is 13.8 Å². The zero-order valence-electron chi connectivity index (χ0n) is 19.6. The number of benzene rings is 5. The summed E-state index contributed by atoms with van der Waals surface area (Å²) in [6.45, 7) is 4.40. The third kappa shape index (κ3) is 2.54. The van der Waals surface area contributed by atoms with Crippen LogP contribution in [0.15, 0.2) is 109 Å². The molecule has 0 heterocycles. The van der Waals surface area contributed by atoms with Gasteiger partial charge in [0, 0.05) is 0 Å². The molecule has 0 unspecified atom stereocenters. The van der Waals surface area contributed by atoms with Crippen molar-refractivity contribution in [2.75, 3.05) is 0 Å². The molecule has 2 aliphatic carbocycles. The van der Waals surface area contributed by atoms with Crippen molar-refractivity contribution in [3.8, 4) is 22.3 Å². The molecule has 162 valence electrons. The SMILES string of the molecule is Cc1ccc2c(c1)Cc1cc3c(cc1-2)C(c1ccccc1)(c1ccccc1)c1cc(C)ccc1-3. The van der Waals surface area contributed by atoms with Gasteiger partial charge < -0.3 is 0 Å². The molecular formula is C34H26. The Labute approximate surface area is 201 Å². The minimum atomic E-state index is -0.332. The van der Waals surface area contributed by atoms with Gasteiger partial charge in [-0.3, -0.25) is 0 Å². The average molecular weight is 435 g/mol. The molecular weight excluding hydrogens is 408 g/mol. The number of hydrogen-bond acceptors (Lipinski definition) is 0. The Morgan fingerprint density at radius 2 is 1.03 bits per heavy atom. The maximum Gasteiger partial charge on any atom is 0.0713 e. The van der Waals surface area contributed by atoms with E-state index in [1.165, 1.54) is 66.8 Å². The van der Waals surface area contributed by atoms with Crippen LogP contribution in [0.1, 0.15) is 44.5 Å². The van der Waals surface area contributed by atoms with Crippen LogP contribution in [0.3, 0.4) is 0 Å². The Balaban J connectivity index is 1.62. The van der Waals surface area contributed by atoms with E-state index in [4.69, 9.17) is 0 Å². The van der Waals surface area contributed by atoms with Crippen molar-refractivity contribution in [1.82, 2.24) is 0 Å². The number of fused-ring (bicyclic) bond motifs is 6. The van der Waals surface area contributed by atoms with E-state index in [1.54, 1.807) is 0 Å². The first-order valence-corrected chi connectivity index (χ1v) is 12.2. The van der Waals surface area contributed by atoms with E-state index >= 15 is 0 Å². The largest absolute Gasteiger partial charge is 0.0713 e. The molecule has 5 aromatic carbocycles. The van der Waals surface area contributed by atoms with Crippen molar-refractivity contribution in [1.29, 1.82) is 0 Å². The van der Waals surface area contributed by atoms with Crippen molar-refractivity contribution in [2.24, 2.45) is 0 Å². The third-order valence-electron chi connectivity index (χ3n) is 7.86. The first-order valence-electron chi connectivity index (χ1n) is 12.2. The maximum absolute atomic E-state index is 2.52. The Bertz CT molecular complexity index is 1530. The van der Waals surface area contributed by atoms with Crippen LogP contribution < -0.4 is 0 Å². The zero-order valence-corrected chi connectivity index (χ0v) is 19.6. The molecule has 5 aromatic rings. The maximum atomic E-state index is 2.52. The lowest BCUT2D eigenvalue weighted by Crippen LogP contribution is -2.28. The fourth-order valence-electron chi connectivity index (χ4n) is 6.42. The van der Waals surface area contributed by atoms with Crippen LogP contribution in [0.4, 0.5) is 0 Å². The van der Waals surface area contributed by atoms with Crippen molar-refractivity contribution >= 4 is 0 Å². The molecule has 0 amide bonds. The predicted molar refractivity (Wildman–Crippen MR) is 141 cm³/mol. The summed E-state index contributed by atoms with van der Waals surface area (Å²) in [6.07, 6.45) is 1.02. The monoisotopic (exact) mass is 434 g/mol. The molecule has 0 saturated heterocycles. The summed E-state index contributed by atoms with van der Waals surface area (Å²) in [4.78, 5) is 0. The molecule has 2 aliphatic rings. The topological polar surface area (TPSA) is 0 Å². The van der Waals surface area contributed by atoms with Gasteiger partial charge in [-0.15, -0.1) is 0 Å². The highest BCUT2D eigenvalue weighted by Gasteiger charge is 2.46. The summed E-state index contributed by atoms with van der Waals surface area (Å²) in [5, 5.41) is 0. The molecule has 0 bridgehead atoms. The normalized spacial score (nSPS) is 14.3. The van der Waals surface area contributed by atoms with Crippen LogP contribution in [-0.2, 0) is 11.8 Å². The second-order valence-corrected chi connectivity index (χ2v) is 9.92. The van der Waals surface area contributed by atoms with Crippen molar-refractivity contribution in [3.63, 3.8) is 0 Å². The lowest BCUT2D eigenvalue weighted by molar-refractivity contribution is 0.767. The predicted octanol–water partition coefficient (Wildman–Crippen LogP) is 8.24. The van der Waals surface area contributed by atoms with Crippen molar-refractivity contribution in [2.45, 2.75) is 25.7 Å². The molecule has 34 heavy (non-hydrogen) atoms. The van der Waals surface area contributed by atoms with Gasteiger partial charge in [-0.25, -0.2) is 0 Å². The lowest BCUT2D eigenvalue weighted by atomic mass is 9.67. The standard InChI is InChI=1S/C34H26/c1-22-13-15-28-24(17-22)19-25-20-31-29-16-14-23(2)18-32(29)34(33(31)21-30(25)28,26-9-5-3-6-10-26)27-11-7-4-8-12-27/h3-18,20-21H,19H2,1-2H3. The van der Waals surface area contributed by atoms with Crippen molar-refractivity contribution < 1.29 is 0 Å². The van der Waals surface area contributed by atoms with Gasteiger partial charge in [0.25, 0.3) is 0 Å². The molecule has 0 heteroatoms. The Morgan fingerprint density at radius 3 is 1.71 bits per heavy atom. The second-order valence-electron chi connectivity index (χ2n) is 9.92. The van der Waals surface area contributed by atoms with Gasteiger partial charge in [0.2, 0.25) is 0 Å². The van der Waals surface area contributed by atoms with Gasteiger partial charge in [-0.05, 0) is 88.0 Å². The highest BCUT2D eigenvalue weighted by atomic mass is 14.5. The first kappa shape index (κ1) is 19.6. The first-order chi connectivity index (χ1) is 16.7. The highest BCUT2D eigenvalue weighted by molar-refractivity contribution is 5.91. The summed E-state index contributed by atoms with van der Waals surface area (Å²) in [6, 6.07) is 41.1. The molecule has 0 fully saturated rings.